The van der Waals surface area contributed by atoms with Crippen LogP contribution in [0.5, 0.6) is 0 Å². The Bertz CT molecular complexity index is 1240. The number of carbonyl (C=O) groups excluding carboxylic acids is 1. The number of carbonyl (C=O) groups is 1. The summed E-state index contributed by atoms with van der Waals surface area (Å²) in [4.78, 5) is 12.4. The number of amides is 1. The highest BCUT2D eigenvalue weighted by Gasteiger charge is 2.15. The molecule has 0 saturated heterocycles. The van der Waals surface area contributed by atoms with E-state index in [0.29, 0.717) is 30.5 Å². The number of benzene rings is 2. The van der Waals surface area contributed by atoms with E-state index in [1.165, 1.54) is 0 Å². The molecule has 0 unspecified atom stereocenters. The van der Waals surface area contributed by atoms with Crippen LogP contribution in [0.3, 0.4) is 0 Å². The molecule has 6 nitrogen and oxygen atoms in total. The van der Waals surface area contributed by atoms with Gasteiger partial charge in [0, 0.05) is 35.0 Å². The van der Waals surface area contributed by atoms with E-state index in [1.54, 1.807) is 12.3 Å². The van der Waals surface area contributed by atoms with Crippen molar-refractivity contribution in [3.63, 3.8) is 0 Å². The van der Waals surface area contributed by atoms with Crippen LogP contribution in [0.25, 0.3) is 21.9 Å². The Hall–Kier alpha value is -3.09. The molecule has 1 N–H and O–H groups in total. The summed E-state index contributed by atoms with van der Waals surface area (Å²) in [7, 11) is 0. The first kappa shape index (κ1) is 20.2. The van der Waals surface area contributed by atoms with Gasteiger partial charge >= 0.3 is 5.91 Å². The minimum atomic E-state index is -0.420. The van der Waals surface area contributed by atoms with Crippen molar-refractivity contribution in [3.05, 3.63) is 70.6 Å². The minimum absolute atomic E-state index is 0.206. The van der Waals surface area contributed by atoms with Gasteiger partial charge < -0.3 is 13.7 Å². The Labute approximate surface area is 179 Å². The maximum absolute atomic E-state index is 12.4. The van der Waals surface area contributed by atoms with Gasteiger partial charge in [0.05, 0.1) is 12.8 Å². The molecule has 2 aromatic carbocycles. The number of hydrazone groups is 1. The van der Waals surface area contributed by atoms with E-state index in [4.69, 9.17) is 20.8 Å². The van der Waals surface area contributed by atoms with Gasteiger partial charge in [-0.2, -0.15) is 5.10 Å². The number of rotatable bonds is 7. The van der Waals surface area contributed by atoms with E-state index in [1.807, 2.05) is 60.9 Å². The van der Waals surface area contributed by atoms with Gasteiger partial charge in [-0.15, -0.1) is 0 Å². The molecule has 0 aliphatic carbocycles. The number of fused-ring (bicyclic) bond motifs is 2. The standard InChI is InChI=1S/C23H22ClN3O3/c1-3-29-11-10-27-19-7-5-4-6-17(19)18(22(27)24)14-25-26-23(28)21-13-16-12-15(2)8-9-20(16)30-21/h4-9,12-14H,3,10-11H2,1-2H3,(H,26,28)/b25-14+. The van der Waals surface area contributed by atoms with Crippen LogP contribution in [0.2, 0.25) is 5.15 Å². The molecule has 154 valence electrons. The lowest BCUT2D eigenvalue weighted by Gasteiger charge is -2.06. The van der Waals surface area contributed by atoms with Crippen molar-refractivity contribution in [2.75, 3.05) is 13.2 Å². The van der Waals surface area contributed by atoms with Gasteiger partial charge in [-0.25, -0.2) is 5.43 Å². The van der Waals surface area contributed by atoms with E-state index in [0.717, 1.165) is 27.4 Å². The monoisotopic (exact) mass is 423 g/mol. The fourth-order valence-electron chi connectivity index (χ4n) is 3.43. The van der Waals surface area contributed by atoms with Gasteiger partial charge in [0.25, 0.3) is 0 Å². The van der Waals surface area contributed by atoms with Crippen molar-refractivity contribution < 1.29 is 13.9 Å². The van der Waals surface area contributed by atoms with Crippen molar-refractivity contribution in [1.82, 2.24) is 9.99 Å². The zero-order valence-corrected chi connectivity index (χ0v) is 17.6. The second-order valence-corrected chi connectivity index (χ2v) is 7.28. The average molecular weight is 424 g/mol. The predicted molar refractivity (Wildman–Crippen MR) is 119 cm³/mol. The van der Waals surface area contributed by atoms with E-state index < -0.39 is 5.91 Å². The molecule has 0 fully saturated rings. The third-order valence-corrected chi connectivity index (χ3v) is 5.27. The van der Waals surface area contributed by atoms with Crippen LogP contribution < -0.4 is 5.43 Å². The first-order valence-electron chi connectivity index (χ1n) is 9.76. The molecular weight excluding hydrogens is 402 g/mol. The second-order valence-electron chi connectivity index (χ2n) is 6.92. The van der Waals surface area contributed by atoms with Crippen molar-refractivity contribution in [3.8, 4) is 0 Å². The third kappa shape index (κ3) is 3.97. The van der Waals surface area contributed by atoms with Gasteiger partial charge in [-0.3, -0.25) is 4.79 Å². The molecule has 0 spiro atoms. The molecule has 2 aromatic heterocycles. The van der Waals surface area contributed by atoms with Crippen molar-refractivity contribution >= 4 is 45.6 Å². The molecule has 1 amide bonds. The second kappa shape index (κ2) is 8.73. The van der Waals surface area contributed by atoms with E-state index in [2.05, 4.69) is 10.5 Å². The molecule has 4 aromatic rings. The number of nitrogens with zero attached hydrogens (tertiary/aromatic N) is 2. The van der Waals surface area contributed by atoms with Gasteiger partial charge in [-0.05, 0) is 38.1 Å². The van der Waals surface area contributed by atoms with Crippen LogP contribution >= 0.6 is 11.6 Å². The summed E-state index contributed by atoms with van der Waals surface area (Å²) in [5, 5.41) is 6.50. The zero-order chi connectivity index (χ0) is 21.1. The topological polar surface area (TPSA) is 68.8 Å². The van der Waals surface area contributed by atoms with Crippen LogP contribution in [0.15, 0.2) is 58.0 Å². The van der Waals surface area contributed by atoms with Gasteiger partial charge in [0.1, 0.15) is 10.7 Å². The summed E-state index contributed by atoms with van der Waals surface area (Å²) < 4.78 is 13.1. The molecule has 4 rings (SSSR count). The molecule has 0 saturated carbocycles. The first-order chi connectivity index (χ1) is 14.6. The largest absolute Gasteiger partial charge is 0.451 e. The van der Waals surface area contributed by atoms with Crippen LogP contribution in [-0.4, -0.2) is 29.9 Å². The number of aryl methyl sites for hydroxylation is 1. The fraction of sp³-hybridized carbons (Fsp3) is 0.217. The Kier molecular flexibility index (Phi) is 5.88. The quantitative estimate of drug-likeness (QED) is 0.254. The van der Waals surface area contributed by atoms with Crippen molar-refractivity contribution in [2.24, 2.45) is 5.10 Å². The highest BCUT2D eigenvalue weighted by atomic mass is 35.5. The van der Waals surface area contributed by atoms with Crippen LogP contribution in [0.1, 0.15) is 28.6 Å². The first-order valence-corrected chi connectivity index (χ1v) is 10.1. The molecule has 30 heavy (non-hydrogen) atoms. The van der Waals surface area contributed by atoms with E-state index in [-0.39, 0.29) is 5.76 Å². The maximum Gasteiger partial charge on any atom is 0.307 e. The van der Waals surface area contributed by atoms with Gasteiger partial charge in [-0.1, -0.05) is 41.4 Å². The lowest BCUT2D eigenvalue weighted by atomic mass is 10.2. The zero-order valence-electron chi connectivity index (χ0n) is 16.8. The third-order valence-electron chi connectivity index (χ3n) is 4.86. The maximum atomic E-state index is 12.4. The molecule has 0 bridgehead atoms. The fourth-order valence-corrected chi connectivity index (χ4v) is 3.75. The lowest BCUT2D eigenvalue weighted by Crippen LogP contribution is -2.16. The molecule has 0 aliphatic heterocycles. The number of hydrogen-bond acceptors (Lipinski definition) is 4. The number of aromatic nitrogens is 1. The van der Waals surface area contributed by atoms with Crippen molar-refractivity contribution in [1.29, 1.82) is 0 Å². The molecule has 2 heterocycles. The SMILES string of the molecule is CCOCCn1c(Cl)c(/C=N/NC(=O)c2cc3cc(C)ccc3o2)c2ccccc21. The Morgan fingerprint density at radius 3 is 2.93 bits per heavy atom. The number of para-hydroxylation sites is 1. The number of halogens is 1. The normalized spacial score (nSPS) is 11.7. The Morgan fingerprint density at radius 1 is 1.27 bits per heavy atom. The molecule has 0 atom stereocenters. The van der Waals surface area contributed by atoms with Gasteiger partial charge in [0.2, 0.25) is 0 Å². The van der Waals surface area contributed by atoms with E-state index >= 15 is 0 Å². The average Bonchev–Trinajstić information content (AvgIpc) is 3.28. The smallest absolute Gasteiger partial charge is 0.307 e. The molecular formula is C23H22ClN3O3. The molecule has 0 radical (unpaired) electrons. The number of ether oxygens (including phenoxy) is 1. The van der Waals surface area contributed by atoms with Crippen molar-refractivity contribution in [2.45, 2.75) is 20.4 Å². The van der Waals surface area contributed by atoms with Crippen LogP contribution in [0, 0.1) is 6.92 Å². The predicted octanol–water partition coefficient (Wildman–Crippen LogP) is 5.15. The summed E-state index contributed by atoms with van der Waals surface area (Å²) in [6.45, 7) is 5.79. The highest BCUT2D eigenvalue weighted by molar-refractivity contribution is 6.34. The highest BCUT2D eigenvalue weighted by Crippen LogP contribution is 2.28. The summed E-state index contributed by atoms with van der Waals surface area (Å²) in [6, 6.07) is 15.3. The summed E-state index contributed by atoms with van der Waals surface area (Å²) in [5.74, 6) is -0.214. The summed E-state index contributed by atoms with van der Waals surface area (Å²) in [5.41, 5.74) is 6.01. The lowest BCUT2D eigenvalue weighted by molar-refractivity contribution is 0.0929. The van der Waals surface area contributed by atoms with E-state index in [9.17, 15) is 4.79 Å². The van der Waals surface area contributed by atoms with Crippen LogP contribution in [-0.2, 0) is 11.3 Å². The molecule has 7 heteroatoms. The number of furan rings is 1. The summed E-state index contributed by atoms with van der Waals surface area (Å²) in [6.07, 6.45) is 1.56. The summed E-state index contributed by atoms with van der Waals surface area (Å²) >= 11 is 6.62. The minimum Gasteiger partial charge on any atom is -0.451 e. The van der Waals surface area contributed by atoms with Gasteiger partial charge in [0.15, 0.2) is 5.76 Å². The number of hydrogen-bond donors (Lipinski definition) is 1. The van der Waals surface area contributed by atoms with Crippen LogP contribution in [0.4, 0.5) is 0 Å². The Balaban J connectivity index is 1.55. The number of nitrogens with one attached hydrogen (secondary N) is 1. The Morgan fingerprint density at radius 2 is 2.10 bits per heavy atom. The molecule has 0 aliphatic rings.